The van der Waals surface area contributed by atoms with Crippen molar-refractivity contribution in [2.75, 3.05) is 6.54 Å². The zero-order valence-electron chi connectivity index (χ0n) is 14.8. The smallest absolute Gasteiger partial charge is 0.160 e. The van der Waals surface area contributed by atoms with Gasteiger partial charge in [-0.2, -0.15) is 5.10 Å². The fraction of sp³-hybridized carbons (Fsp3) is 0.500. The van der Waals surface area contributed by atoms with E-state index in [1.165, 1.54) is 15.6 Å². The van der Waals surface area contributed by atoms with Crippen LogP contribution in [-0.4, -0.2) is 30.9 Å². The lowest BCUT2D eigenvalue weighted by molar-refractivity contribution is 0.586. The van der Waals surface area contributed by atoms with Crippen LogP contribution in [-0.2, 0) is 26.1 Å². The predicted molar refractivity (Wildman–Crippen MR) is 99.7 cm³/mol. The highest BCUT2D eigenvalue weighted by Gasteiger charge is 2.15. The van der Waals surface area contributed by atoms with E-state index in [-0.39, 0.29) is 0 Å². The van der Waals surface area contributed by atoms with Gasteiger partial charge < -0.3 is 9.88 Å². The van der Waals surface area contributed by atoms with Crippen LogP contribution in [0.4, 0.5) is 0 Å². The van der Waals surface area contributed by atoms with Gasteiger partial charge in [-0.15, -0.1) is 11.3 Å². The minimum atomic E-state index is 0.885. The molecule has 0 spiro atoms. The van der Waals surface area contributed by atoms with E-state index in [0.29, 0.717) is 0 Å². The number of aryl methyl sites for hydroxylation is 5. The molecule has 6 nitrogen and oxygen atoms in total. The molecule has 3 aromatic heterocycles. The lowest BCUT2D eigenvalue weighted by Gasteiger charge is -2.05. The van der Waals surface area contributed by atoms with Crippen LogP contribution in [0.2, 0.25) is 0 Å². The van der Waals surface area contributed by atoms with Crippen LogP contribution in [0, 0.1) is 13.8 Å². The second-order valence-electron chi connectivity index (χ2n) is 6.57. The van der Waals surface area contributed by atoms with E-state index in [9.17, 15) is 0 Å². The van der Waals surface area contributed by atoms with Crippen molar-refractivity contribution in [2.24, 2.45) is 0 Å². The SMILES string of the molecule is Cc1nc(CCCn2ccnc2-c2cc3n(n2)CCCNC3)sc1C. The van der Waals surface area contributed by atoms with Crippen molar-refractivity contribution >= 4 is 11.3 Å². The first-order chi connectivity index (χ1) is 12.2. The van der Waals surface area contributed by atoms with E-state index in [2.05, 4.69) is 50.6 Å². The van der Waals surface area contributed by atoms with Crippen LogP contribution in [0.5, 0.6) is 0 Å². The maximum Gasteiger partial charge on any atom is 0.160 e. The third-order valence-electron chi connectivity index (χ3n) is 4.70. The molecule has 25 heavy (non-hydrogen) atoms. The second kappa shape index (κ2) is 7.09. The summed E-state index contributed by atoms with van der Waals surface area (Å²) in [7, 11) is 0. The number of hydrogen-bond donors (Lipinski definition) is 1. The molecule has 3 aromatic rings. The van der Waals surface area contributed by atoms with Gasteiger partial charge in [-0.05, 0) is 39.3 Å². The lowest BCUT2D eigenvalue weighted by atomic mass is 10.3. The Kier molecular flexibility index (Phi) is 4.67. The summed E-state index contributed by atoms with van der Waals surface area (Å²) in [5.41, 5.74) is 3.39. The largest absolute Gasteiger partial charge is 0.330 e. The van der Waals surface area contributed by atoms with E-state index >= 15 is 0 Å². The third kappa shape index (κ3) is 3.52. The van der Waals surface area contributed by atoms with Gasteiger partial charge in [0, 0.05) is 43.3 Å². The molecule has 0 saturated carbocycles. The first-order valence-corrected chi connectivity index (χ1v) is 9.74. The molecule has 0 atom stereocenters. The van der Waals surface area contributed by atoms with Crippen LogP contribution in [0.1, 0.15) is 34.1 Å². The van der Waals surface area contributed by atoms with Gasteiger partial charge in [0.1, 0.15) is 5.69 Å². The van der Waals surface area contributed by atoms with Crippen LogP contribution in [0.25, 0.3) is 11.5 Å². The molecular formula is C18H24N6S. The van der Waals surface area contributed by atoms with Gasteiger partial charge in [0.2, 0.25) is 0 Å². The van der Waals surface area contributed by atoms with Gasteiger partial charge in [-0.1, -0.05) is 0 Å². The third-order valence-corrected chi connectivity index (χ3v) is 5.83. The molecule has 4 rings (SSSR count). The maximum absolute atomic E-state index is 4.78. The van der Waals surface area contributed by atoms with Crippen LogP contribution >= 0.6 is 11.3 Å². The Morgan fingerprint density at radius 1 is 1.32 bits per heavy atom. The van der Waals surface area contributed by atoms with Crippen molar-refractivity contribution in [1.82, 2.24) is 29.6 Å². The summed E-state index contributed by atoms with van der Waals surface area (Å²) in [4.78, 5) is 10.5. The molecule has 1 aliphatic rings. The van der Waals surface area contributed by atoms with E-state index in [1.807, 2.05) is 17.5 Å². The average Bonchev–Trinajstić information content (AvgIpc) is 3.25. The molecule has 0 aliphatic carbocycles. The van der Waals surface area contributed by atoms with Crippen molar-refractivity contribution in [3.05, 3.63) is 39.7 Å². The highest BCUT2D eigenvalue weighted by Crippen LogP contribution is 2.21. The fourth-order valence-corrected chi connectivity index (χ4v) is 4.22. The Labute approximate surface area is 151 Å². The monoisotopic (exact) mass is 356 g/mol. The summed E-state index contributed by atoms with van der Waals surface area (Å²) < 4.78 is 4.33. The van der Waals surface area contributed by atoms with Crippen LogP contribution < -0.4 is 5.32 Å². The van der Waals surface area contributed by atoms with Crippen molar-refractivity contribution in [2.45, 2.75) is 52.7 Å². The normalized spacial score (nSPS) is 14.5. The predicted octanol–water partition coefficient (Wildman–Crippen LogP) is 2.95. The summed E-state index contributed by atoms with van der Waals surface area (Å²) in [6.07, 6.45) is 7.12. The molecule has 7 heteroatoms. The van der Waals surface area contributed by atoms with Crippen molar-refractivity contribution in [3.8, 4) is 11.5 Å². The van der Waals surface area contributed by atoms with Gasteiger partial charge in [-0.25, -0.2) is 9.97 Å². The molecule has 1 aliphatic heterocycles. The standard InChI is InChI=1S/C18H24N6S/c1-13-14(2)25-17(21-13)5-3-8-23-10-7-20-18(23)16-11-15-12-19-6-4-9-24(15)22-16/h7,10-11,19H,3-6,8-9,12H2,1-2H3. The van der Waals surface area contributed by atoms with Gasteiger partial charge in [-0.3, -0.25) is 4.68 Å². The number of rotatable bonds is 5. The molecule has 0 bridgehead atoms. The van der Waals surface area contributed by atoms with E-state index < -0.39 is 0 Å². The lowest BCUT2D eigenvalue weighted by Crippen LogP contribution is -2.11. The summed E-state index contributed by atoms with van der Waals surface area (Å²) in [5, 5.41) is 9.45. The minimum Gasteiger partial charge on any atom is -0.330 e. The zero-order valence-corrected chi connectivity index (χ0v) is 15.6. The number of hydrogen-bond acceptors (Lipinski definition) is 5. The molecule has 0 aromatic carbocycles. The van der Waals surface area contributed by atoms with E-state index in [4.69, 9.17) is 5.10 Å². The average molecular weight is 356 g/mol. The van der Waals surface area contributed by atoms with Gasteiger partial charge in [0.05, 0.1) is 16.4 Å². The summed E-state index contributed by atoms with van der Waals surface area (Å²) in [5.74, 6) is 0.965. The molecule has 0 amide bonds. The molecule has 4 heterocycles. The highest BCUT2D eigenvalue weighted by atomic mass is 32.1. The molecular weight excluding hydrogens is 332 g/mol. The Morgan fingerprint density at radius 3 is 3.08 bits per heavy atom. The zero-order chi connectivity index (χ0) is 17.2. The molecule has 132 valence electrons. The van der Waals surface area contributed by atoms with Crippen molar-refractivity contribution in [1.29, 1.82) is 0 Å². The molecule has 0 saturated heterocycles. The molecule has 0 unspecified atom stereocenters. The number of nitrogens with one attached hydrogen (secondary N) is 1. The van der Waals surface area contributed by atoms with Gasteiger partial charge in [0.15, 0.2) is 5.82 Å². The van der Waals surface area contributed by atoms with E-state index in [0.717, 1.165) is 62.7 Å². The van der Waals surface area contributed by atoms with Crippen LogP contribution in [0.3, 0.4) is 0 Å². The Morgan fingerprint density at radius 2 is 2.24 bits per heavy atom. The molecule has 1 N–H and O–H groups in total. The number of imidazole rings is 1. The summed E-state index contributed by atoms with van der Waals surface area (Å²) in [6, 6.07) is 2.17. The first-order valence-electron chi connectivity index (χ1n) is 8.92. The molecule has 0 fully saturated rings. The van der Waals surface area contributed by atoms with Gasteiger partial charge >= 0.3 is 0 Å². The second-order valence-corrected chi connectivity index (χ2v) is 7.86. The minimum absolute atomic E-state index is 0.885. The number of thiazole rings is 1. The van der Waals surface area contributed by atoms with Gasteiger partial charge in [0.25, 0.3) is 0 Å². The van der Waals surface area contributed by atoms with Crippen molar-refractivity contribution < 1.29 is 0 Å². The maximum atomic E-state index is 4.78. The Balaban J connectivity index is 1.45. The number of nitrogens with zero attached hydrogens (tertiary/aromatic N) is 5. The highest BCUT2D eigenvalue weighted by molar-refractivity contribution is 7.11. The van der Waals surface area contributed by atoms with E-state index in [1.54, 1.807) is 0 Å². The van der Waals surface area contributed by atoms with Crippen molar-refractivity contribution in [3.63, 3.8) is 0 Å². The number of fused-ring (bicyclic) bond motifs is 1. The fourth-order valence-electron chi connectivity index (χ4n) is 3.24. The Hall–Kier alpha value is -1.99. The molecule has 0 radical (unpaired) electrons. The van der Waals surface area contributed by atoms with Crippen LogP contribution in [0.15, 0.2) is 18.5 Å². The topological polar surface area (TPSA) is 60.6 Å². The summed E-state index contributed by atoms with van der Waals surface area (Å²) >= 11 is 1.81. The quantitative estimate of drug-likeness (QED) is 0.763. The summed E-state index contributed by atoms with van der Waals surface area (Å²) in [6.45, 7) is 8.09. The Bertz CT molecular complexity index is 816. The number of aromatic nitrogens is 5. The first kappa shape index (κ1) is 16.5.